The van der Waals surface area contributed by atoms with Crippen molar-refractivity contribution in [1.82, 2.24) is 19.1 Å². The Kier molecular flexibility index (Phi) is 12.1. The molecular formula is C69H45N7O12. The molecule has 3 aliphatic heterocycles. The van der Waals surface area contributed by atoms with Gasteiger partial charge in [-0.1, -0.05) is 72.8 Å². The van der Waals surface area contributed by atoms with Crippen LogP contribution in [0.5, 0.6) is 0 Å². The Hall–Kier alpha value is -11.6. The summed E-state index contributed by atoms with van der Waals surface area (Å²) in [5.74, 6) is -4.60. The molecule has 3 N–H and O–H groups in total. The number of anilines is 3. The van der Waals surface area contributed by atoms with Gasteiger partial charge in [-0.2, -0.15) is 0 Å². The number of rotatable bonds is 15. The minimum Gasteiger partial charge on any atom is -0.326 e. The lowest BCUT2D eigenvalue weighted by Crippen LogP contribution is -2.41. The summed E-state index contributed by atoms with van der Waals surface area (Å²) in [5.41, 5.74) is 0.866. The second-order valence-electron chi connectivity index (χ2n) is 22.5. The van der Waals surface area contributed by atoms with Crippen molar-refractivity contribution in [2.45, 2.75) is 38.5 Å². The van der Waals surface area contributed by atoms with E-state index in [0.29, 0.717) is 49.5 Å². The maximum absolute atomic E-state index is 15.0. The van der Waals surface area contributed by atoms with Gasteiger partial charge < -0.3 is 20.4 Å². The Morgan fingerprint density at radius 2 is 0.523 bits per heavy atom. The molecule has 88 heavy (non-hydrogen) atoms. The monoisotopic (exact) mass is 1160 g/mol. The van der Waals surface area contributed by atoms with Crippen molar-refractivity contribution in [2.75, 3.05) is 35.6 Å². The van der Waals surface area contributed by atoms with E-state index in [1.54, 1.807) is 77.2 Å². The van der Waals surface area contributed by atoms with Crippen LogP contribution in [0, 0.1) is 0 Å². The highest BCUT2D eigenvalue weighted by Crippen LogP contribution is 2.38. The molecule has 12 aromatic rings. The van der Waals surface area contributed by atoms with Gasteiger partial charge >= 0.3 is 0 Å². The number of benzene rings is 9. The quantitative estimate of drug-likeness (QED) is 0.0493. The number of pyridine rings is 3. The third-order valence-corrected chi connectivity index (χ3v) is 17.2. The van der Waals surface area contributed by atoms with E-state index in [2.05, 4.69) is 16.0 Å². The van der Waals surface area contributed by atoms with E-state index in [0.717, 1.165) is 30.9 Å². The molecule has 0 saturated heterocycles. The first-order valence-electron chi connectivity index (χ1n) is 28.6. The normalized spacial score (nSPS) is 14.0. The molecule has 0 aliphatic carbocycles. The Labute approximate surface area is 495 Å². The van der Waals surface area contributed by atoms with E-state index in [4.69, 9.17) is 0 Å². The third-order valence-electron chi connectivity index (χ3n) is 17.2. The van der Waals surface area contributed by atoms with Crippen LogP contribution >= 0.6 is 0 Å². The fraction of sp³-hybridized carbons (Fsp3) is 0.130. The Morgan fingerprint density at radius 3 is 0.739 bits per heavy atom. The number of imide groups is 3. The molecule has 3 aliphatic rings. The zero-order valence-electron chi connectivity index (χ0n) is 46.4. The largest absolute Gasteiger partial charge is 0.326 e. The number of hydrogen-bond donors (Lipinski definition) is 3. The molecule has 0 spiro atoms. The van der Waals surface area contributed by atoms with Crippen LogP contribution in [0.3, 0.4) is 0 Å². The summed E-state index contributed by atoms with van der Waals surface area (Å²) < 4.78 is 1.63. The fourth-order valence-corrected chi connectivity index (χ4v) is 13.4. The molecule has 6 heterocycles. The van der Waals surface area contributed by atoms with Crippen LogP contribution in [0.2, 0.25) is 0 Å². The summed E-state index contributed by atoms with van der Waals surface area (Å²) in [5, 5.41) is 12.2. The van der Waals surface area contributed by atoms with Crippen molar-refractivity contribution in [1.29, 1.82) is 0 Å². The van der Waals surface area contributed by atoms with Gasteiger partial charge in [0.15, 0.2) is 16.3 Å². The molecule has 9 aromatic carbocycles. The van der Waals surface area contributed by atoms with Crippen LogP contribution in [0.15, 0.2) is 160 Å². The fourth-order valence-electron chi connectivity index (χ4n) is 13.4. The molecule has 3 aromatic heterocycles. The zero-order chi connectivity index (χ0) is 60.5. The Balaban J connectivity index is 0.741. The van der Waals surface area contributed by atoms with E-state index >= 15 is 14.4 Å². The van der Waals surface area contributed by atoms with E-state index < -0.39 is 69.5 Å². The second kappa shape index (κ2) is 20.0. The van der Waals surface area contributed by atoms with Crippen molar-refractivity contribution in [2.24, 2.45) is 0 Å². The SMILES string of the molecule is O=C(CCCN1C(=O)c2cccc3cccc(c23)C1=O)Nc1cc2c(=O)c3cc(NC(=O)CCCN4C(=O)c5cccc6cccc(c56)C4=O)cc4c(=O)c5cc(NC(=O)CCCN6C(=O)c7cccc8cccc(c78)C6=O)cc6c(=O)c(c1)c2n(c34)c65. The molecule has 19 heteroatoms. The minimum atomic E-state index is -0.642. The zero-order valence-corrected chi connectivity index (χ0v) is 46.4. The molecular weight excluding hydrogens is 1120 g/mol. The number of amides is 9. The van der Waals surface area contributed by atoms with Crippen molar-refractivity contribution in [3.8, 4) is 0 Å². The van der Waals surface area contributed by atoms with Gasteiger partial charge in [0.05, 0.1) is 16.6 Å². The highest BCUT2D eigenvalue weighted by molar-refractivity contribution is 6.28. The van der Waals surface area contributed by atoms with E-state index in [1.165, 1.54) is 36.4 Å². The van der Waals surface area contributed by atoms with Gasteiger partial charge in [-0.3, -0.25) is 72.2 Å². The predicted octanol–water partition coefficient (Wildman–Crippen LogP) is 9.45. The average molecular weight is 1160 g/mol. The van der Waals surface area contributed by atoms with E-state index in [9.17, 15) is 43.2 Å². The summed E-state index contributed by atoms with van der Waals surface area (Å²) in [6.07, 6.45) is -0.351. The lowest BCUT2D eigenvalue weighted by molar-refractivity contribution is -0.117. The number of aromatic nitrogens is 1. The number of carbonyl (C=O) groups is 9. The van der Waals surface area contributed by atoms with Crippen molar-refractivity contribution in [3.63, 3.8) is 0 Å². The van der Waals surface area contributed by atoms with Crippen molar-refractivity contribution in [3.05, 3.63) is 210 Å². The summed E-state index contributed by atoms with van der Waals surface area (Å²) in [7, 11) is 0. The van der Waals surface area contributed by atoms with E-state index in [-0.39, 0.29) is 124 Å². The number of hydrogen-bond acceptors (Lipinski definition) is 12. The predicted molar refractivity (Wildman–Crippen MR) is 331 cm³/mol. The molecule has 0 radical (unpaired) electrons. The molecule has 15 rings (SSSR count). The summed E-state index contributed by atoms with van der Waals surface area (Å²) in [4.78, 5) is 172. The van der Waals surface area contributed by atoms with Gasteiger partial charge in [-0.15, -0.1) is 0 Å². The maximum Gasteiger partial charge on any atom is 0.261 e. The van der Waals surface area contributed by atoms with Gasteiger partial charge in [-0.05, 0) is 108 Å². The molecule has 0 atom stereocenters. The summed E-state index contributed by atoms with van der Waals surface area (Å²) in [6.45, 7) is -0.251. The van der Waals surface area contributed by atoms with Crippen molar-refractivity contribution >= 4 is 151 Å². The lowest BCUT2D eigenvalue weighted by atomic mass is 9.94. The van der Waals surface area contributed by atoms with Crippen LogP contribution in [-0.4, -0.2) is 91.9 Å². The van der Waals surface area contributed by atoms with Crippen LogP contribution in [0.25, 0.3) is 81.2 Å². The highest BCUT2D eigenvalue weighted by atomic mass is 16.2. The number of nitrogens with zero attached hydrogens (tertiary/aromatic N) is 4. The first-order chi connectivity index (χ1) is 42.6. The second-order valence-corrected chi connectivity index (χ2v) is 22.5. The topological polar surface area (TPSA) is 255 Å². The average Bonchev–Trinajstić information content (AvgIpc) is 0.711. The lowest BCUT2D eigenvalue weighted by Gasteiger charge is -2.27. The van der Waals surface area contributed by atoms with Gasteiger partial charge in [-0.25, -0.2) is 0 Å². The van der Waals surface area contributed by atoms with Crippen LogP contribution in [0.1, 0.15) is 101 Å². The number of carbonyl (C=O) groups excluding carboxylic acids is 9. The molecule has 19 nitrogen and oxygen atoms in total. The van der Waals surface area contributed by atoms with Gasteiger partial charge in [0.2, 0.25) is 17.7 Å². The summed E-state index contributed by atoms with van der Waals surface area (Å²) >= 11 is 0. The van der Waals surface area contributed by atoms with E-state index in [1.807, 2.05) is 36.4 Å². The first-order valence-corrected chi connectivity index (χ1v) is 28.6. The molecule has 0 saturated carbocycles. The highest BCUT2D eigenvalue weighted by Gasteiger charge is 2.36. The van der Waals surface area contributed by atoms with Gasteiger partial charge in [0.25, 0.3) is 35.4 Å². The molecule has 0 bridgehead atoms. The molecule has 428 valence electrons. The van der Waals surface area contributed by atoms with Crippen LogP contribution < -0.4 is 32.2 Å². The molecule has 0 fully saturated rings. The van der Waals surface area contributed by atoms with Gasteiger partial charge in [0.1, 0.15) is 0 Å². The minimum absolute atomic E-state index is 0.0253. The maximum atomic E-state index is 15.0. The van der Waals surface area contributed by atoms with Crippen molar-refractivity contribution < 1.29 is 43.2 Å². The molecule has 9 amide bonds. The van der Waals surface area contributed by atoms with Crippen LogP contribution in [0.4, 0.5) is 17.1 Å². The van der Waals surface area contributed by atoms with Crippen LogP contribution in [-0.2, 0) is 14.4 Å². The standard InChI is InChI=1S/C69H45N7O12/c77-52(22-7-25-73-64(83)40-16-1-10-34-11-2-17-41(55(34)40)65(73)84)70-37-28-46-58-47(29-37)62(81)49-31-39(72-54(79)24-9-27-75-68(87)44-20-5-14-36-15-6-21-45(57(36)44)69(75)88)33-51-60(49)76(58)59-48(61(46)80)30-38(32-50(59)63(51)82)71-53(78)23-8-26-74-66(85)42-18-3-12-35-13-4-19-43(56(35)42)67(74)86/h1-6,10-21,28-33H,7-9,22-27H2,(H,70,77)(H,71,78)(H,72,79). The summed E-state index contributed by atoms with van der Waals surface area (Å²) in [6, 6.07) is 39.7. The number of nitrogens with one attached hydrogen (secondary N) is 3. The Bertz CT molecular complexity index is 4640. The smallest absolute Gasteiger partial charge is 0.261 e. The first kappa shape index (κ1) is 53.1. The Morgan fingerprint density at radius 1 is 0.307 bits per heavy atom. The third kappa shape index (κ3) is 8.10. The van der Waals surface area contributed by atoms with Gasteiger partial charge in [0, 0.05) is 138 Å². The molecule has 0 unspecified atom stereocenters.